The van der Waals surface area contributed by atoms with Gasteiger partial charge in [0.25, 0.3) is 0 Å². The molecule has 2 aromatic carbocycles. The number of aliphatic hydroxyl groups is 3. The van der Waals surface area contributed by atoms with E-state index in [4.69, 9.17) is 10.8 Å². The highest BCUT2D eigenvalue weighted by atomic mass is 16.6. The molecule has 0 amide bonds. The molecule has 10 heteroatoms. The van der Waals surface area contributed by atoms with E-state index in [2.05, 4.69) is 9.47 Å². The molecule has 0 heterocycles. The highest BCUT2D eigenvalue weighted by molar-refractivity contribution is 6.01. The largest absolute Gasteiger partial charge is 0.396 e. The molecule has 180 valence electrons. The van der Waals surface area contributed by atoms with Gasteiger partial charge in [0.05, 0.1) is 11.1 Å². The van der Waals surface area contributed by atoms with Crippen LogP contribution in [0.2, 0.25) is 0 Å². The molecule has 2 aromatic rings. The summed E-state index contributed by atoms with van der Waals surface area (Å²) in [6.07, 6.45) is 0.0275. The maximum Gasteiger partial charge on any atom is 0.346 e. The highest BCUT2D eigenvalue weighted by Crippen LogP contribution is 2.14. The van der Waals surface area contributed by atoms with Crippen LogP contribution in [-0.2, 0) is 19.1 Å². The molecule has 0 saturated carbocycles. The Hall–Kier alpha value is -3.70. The second-order valence-electron chi connectivity index (χ2n) is 7.27. The summed E-state index contributed by atoms with van der Waals surface area (Å²) in [7, 11) is 0. The SMILES string of the molecule is N[C@@H]1C=C[C@H](CO)C1.O=C(OC(=O)[C@H](O)[C@@H](O)C(=O)OC(=O)c1ccccc1)c1ccccc1. The number of aliphatic hydroxyl groups excluding tert-OH is 3. The Labute approximate surface area is 195 Å². The number of ether oxygens (including phenoxy) is 2. The summed E-state index contributed by atoms with van der Waals surface area (Å²) >= 11 is 0. The number of carbonyl (C=O) groups excluding carboxylic acids is 4. The smallest absolute Gasteiger partial charge is 0.346 e. The molecule has 5 N–H and O–H groups in total. The van der Waals surface area contributed by atoms with E-state index in [-0.39, 0.29) is 23.8 Å². The third kappa shape index (κ3) is 8.01. The Morgan fingerprint density at radius 1 is 0.794 bits per heavy atom. The van der Waals surface area contributed by atoms with E-state index in [1.807, 2.05) is 12.2 Å². The molecule has 1 aliphatic carbocycles. The maximum absolute atomic E-state index is 11.7. The lowest BCUT2D eigenvalue weighted by Crippen LogP contribution is -2.43. The number of hydrogen-bond donors (Lipinski definition) is 4. The number of nitrogens with two attached hydrogens (primary N) is 1. The Morgan fingerprint density at radius 3 is 1.50 bits per heavy atom. The first kappa shape index (κ1) is 26.6. The number of rotatable bonds is 6. The average molecular weight is 471 g/mol. The summed E-state index contributed by atoms with van der Waals surface area (Å²) < 4.78 is 8.76. The Bertz CT molecular complexity index is 938. The molecular weight excluding hydrogens is 446 g/mol. The van der Waals surface area contributed by atoms with Gasteiger partial charge in [-0.3, -0.25) is 0 Å². The zero-order valence-electron chi connectivity index (χ0n) is 18.0. The quantitative estimate of drug-likeness (QED) is 0.262. The van der Waals surface area contributed by atoms with E-state index in [0.717, 1.165) is 6.42 Å². The van der Waals surface area contributed by atoms with Crippen molar-refractivity contribution in [3.8, 4) is 0 Å². The molecule has 0 saturated heterocycles. The Kier molecular flexibility index (Phi) is 10.2. The minimum atomic E-state index is -2.40. The third-order valence-electron chi connectivity index (χ3n) is 4.63. The number of esters is 4. The lowest BCUT2D eigenvalue weighted by molar-refractivity contribution is -0.166. The summed E-state index contributed by atoms with van der Waals surface area (Å²) in [5.74, 6) is -4.94. The van der Waals surface area contributed by atoms with Gasteiger partial charge in [-0.15, -0.1) is 0 Å². The van der Waals surface area contributed by atoms with Crippen molar-refractivity contribution in [1.29, 1.82) is 0 Å². The fourth-order valence-electron chi connectivity index (χ4n) is 2.77. The maximum atomic E-state index is 11.7. The molecule has 4 atom stereocenters. The Balaban J connectivity index is 0.000000430. The number of hydrogen-bond acceptors (Lipinski definition) is 10. The molecule has 34 heavy (non-hydrogen) atoms. The summed E-state index contributed by atoms with van der Waals surface area (Å²) in [5, 5.41) is 27.9. The van der Waals surface area contributed by atoms with Crippen LogP contribution in [0.15, 0.2) is 72.8 Å². The van der Waals surface area contributed by atoms with Gasteiger partial charge in [-0.05, 0) is 30.7 Å². The van der Waals surface area contributed by atoms with E-state index in [9.17, 15) is 29.4 Å². The lowest BCUT2D eigenvalue weighted by Gasteiger charge is -2.14. The number of benzene rings is 2. The van der Waals surface area contributed by atoms with E-state index >= 15 is 0 Å². The zero-order valence-corrected chi connectivity index (χ0v) is 18.0. The Morgan fingerprint density at radius 2 is 1.21 bits per heavy atom. The van der Waals surface area contributed by atoms with Gasteiger partial charge in [0.2, 0.25) is 0 Å². The monoisotopic (exact) mass is 471 g/mol. The second kappa shape index (κ2) is 13.1. The molecule has 0 aliphatic heterocycles. The van der Waals surface area contributed by atoms with Gasteiger partial charge in [0, 0.05) is 18.6 Å². The summed E-state index contributed by atoms with van der Waals surface area (Å²) in [5.41, 5.74) is 5.57. The molecule has 0 unspecified atom stereocenters. The molecule has 0 aromatic heterocycles. The zero-order chi connectivity index (χ0) is 25.1. The fraction of sp³-hybridized carbons (Fsp3) is 0.250. The summed E-state index contributed by atoms with van der Waals surface area (Å²) in [6.45, 7) is 0.240. The predicted octanol–water partition coefficient (Wildman–Crippen LogP) is 0.358. The molecule has 1 aliphatic rings. The van der Waals surface area contributed by atoms with Crippen LogP contribution in [0.5, 0.6) is 0 Å². The second-order valence-corrected chi connectivity index (χ2v) is 7.27. The standard InChI is InChI=1S/C18H14O8.C6H11NO/c19-13(17(23)25-15(21)11-7-3-1-4-8-11)14(20)18(24)26-16(22)12-9-5-2-6-10-12;7-6-2-1-5(3-6)4-8/h1-10,13-14,19-20H;1-2,5-6,8H,3-4,7H2/t13-,14-;5-,6+/m10/s1. The van der Waals surface area contributed by atoms with Crippen LogP contribution >= 0.6 is 0 Å². The summed E-state index contributed by atoms with van der Waals surface area (Å²) in [4.78, 5) is 46.8. The van der Waals surface area contributed by atoms with Crippen LogP contribution in [0.25, 0.3) is 0 Å². The van der Waals surface area contributed by atoms with Crippen molar-refractivity contribution in [2.24, 2.45) is 11.7 Å². The third-order valence-corrected chi connectivity index (χ3v) is 4.63. The van der Waals surface area contributed by atoms with Gasteiger partial charge < -0.3 is 30.5 Å². The van der Waals surface area contributed by atoms with Crippen LogP contribution < -0.4 is 5.73 Å². The van der Waals surface area contributed by atoms with Crippen molar-refractivity contribution >= 4 is 23.9 Å². The average Bonchev–Trinajstić information content (AvgIpc) is 3.29. The van der Waals surface area contributed by atoms with Gasteiger partial charge in [-0.1, -0.05) is 48.6 Å². The fourth-order valence-corrected chi connectivity index (χ4v) is 2.77. The molecule has 10 nitrogen and oxygen atoms in total. The molecule has 0 fully saturated rings. The van der Waals surface area contributed by atoms with Crippen LogP contribution in [0.1, 0.15) is 27.1 Å². The van der Waals surface area contributed by atoms with Crippen LogP contribution in [0, 0.1) is 5.92 Å². The van der Waals surface area contributed by atoms with Crippen molar-refractivity contribution in [3.05, 3.63) is 83.9 Å². The first-order valence-electron chi connectivity index (χ1n) is 10.3. The number of carbonyl (C=O) groups is 4. The molecule has 0 bridgehead atoms. The van der Waals surface area contributed by atoms with E-state index in [1.54, 1.807) is 12.1 Å². The molecule has 0 radical (unpaired) electrons. The van der Waals surface area contributed by atoms with Gasteiger partial charge in [-0.2, -0.15) is 0 Å². The van der Waals surface area contributed by atoms with Gasteiger partial charge in [0.15, 0.2) is 12.2 Å². The van der Waals surface area contributed by atoms with Gasteiger partial charge in [-0.25, -0.2) is 19.2 Å². The molecule has 3 rings (SSSR count). The van der Waals surface area contributed by atoms with Crippen molar-refractivity contribution in [2.75, 3.05) is 6.61 Å². The van der Waals surface area contributed by atoms with Crippen LogP contribution in [0.4, 0.5) is 0 Å². The van der Waals surface area contributed by atoms with Crippen molar-refractivity contribution in [3.63, 3.8) is 0 Å². The minimum absolute atomic E-state index is 0.0318. The van der Waals surface area contributed by atoms with Crippen LogP contribution in [0.3, 0.4) is 0 Å². The first-order chi connectivity index (χ1) is 16.2. The topological polar surface area (TPSA) is 173 Å². The van der Waals surface area contributed by atoms with Crippen molar-refractivity contribution in [1.82, 2.24) is 0 Å². The van der Waals surface area contributed by atoms with Crippen molar-refractivity contribution in [2.45, 2.75) is 24.7 Å². The first-order valence-corrected chi connectivity index (χ1v) is 10.3. The van der Waals surface area contributed by atoms with E-state index in [1.165, 1.54) is 48.5 Å². The van der Waals surface area contributed by atoms with Crippen LogP contribution in [-0.4, -0.2) is 64.1 Å². The molecular formula is C24H25NO9. The van der Waals surface area contributed by atoms with E-state index < -0.39 is 36.1 Å². The van der Waals surface area contributed by atoms with Gasteiger partial charge in [0.1, 0.15) is 0 Å². The molecule has 0 spiro atoms. The van der Waals surface area contributed by atoms with E-state index in [0.29, 0.717) is 5.92 Å². The minimum Gasteiger partial charge on any atom is -0.396 e. The summed E-state index contributed by atoms with van der Waals surface area (Å²) in [6, 6.07) is 15.0. The van der Waals surface area contributed by atoms with Gasteiger partial charge >= 0.3 is 23.9 Å². The normalized spacial score (nSPS) is 18.1. The lowest BCUT2D eigenvalue weighted by atomic mass is 10.1. The predicted molar refractivity (Wildman–Crippen MR) is 118 cm³/mol. The highest BCUT2D eigenvalue weighted by Gasteiger charge is 2.35. The van der Waals surface area contributed by atoms with Crippen molar-refractivity contribution < 1.29 is 44.0 Å².